The van der Waals surface area contributed by atoms with Gasteiger partial charge in [-0.25, -0.2) is 4.98 Å². The minimum absolute atomic E-state index is 0.0303. The van der Waals surface area contributed by atoms with Gasteiger partial charge in [-0.15, -0.1) is 0 Å². The summed E-state index contributed by atoms with van der Waals surface area (Å²) >= 11 is 0. The van der Waals surface area contributed by atoms with Gasteiger partial charge in [0.25, 0.3) is 0 Å². The zero-order valence-electron chi connectivity index (χ0n) is 15.2. The minimum Gasteiger partial charge on any atom is -0.361 e. The van der Waals surface area contributed by atoms with E-state index in [1.54, 1.807) is 12.5 Å². The van der Waals surface area contributed by atoms with Crippen LogP contribution >= 0.6 is 0 Å². The molecule has 2 N–H and O–H groups in total. The summed E-state index contributed by atoms with van der Waals surface area (Å²) in [4.78, 5) is 19.7. The molecule has 0 bridgehead atoms. The van der Waals surface area contributed by atoms with Crippen LogP contribution in [0.25, 0.3) is 16.6 Å². The van der Waals surface area contributed by atoms with Crippen molar-refractivity contribution in [2.45, 2.75) is 25.8 Å². The molecular weight excluding hydrogens is 336 g/mol. The first-order valence-corrected chi connectivity index (χ1v) is 9.13. The summed E-state index contributed by atoms with van der Waals surface area (Å²) in [5, 5.41) is 4.28. The van der Waals surface area contributed by atoms with Crippen molar-refractivity contribution in [1.82, 2.24) is 19.9 Å². The lowest BCUT2D eigenvalue weighted by Crippen LogP contribution is -2.26. The molecule has 5 nitrogen and oxygen atoms in total. The lowest BCUT2D eigenvalue weighted by molar-refractivity contribution is -0.121. The number of fused-ring (bicyclic) bond motifs is 1. The van der Waals surface area contributed by atoms with Gasteiger partial charge in [0.05, 0.1) is 12.4 Å². The Morgan fingerprint density at radius 1 is 1.19 bits per heavy atom. The van der Waals surface area contributed by atoms with E-state index in [9.17, 15) is 4.79 Å². The molecule has 0 saturated carbocycles. The Balaban J connectivity index is 1.35. The largest absolute Gasteiger partial charge is 0.361 e. The summed E-state index contributed by atoms with van der Waals surface area (Å²) in [6, 6.07) is 16.3. The summed E-state index contributed by atoms with van der Waals surface area (Å²) in [6.07, 6.45) is 8.62. The van der Waals surface area contributed by atoms with E-state index in [4.69, 9.17) is 0 Å². The second-order valence-electron chi connectivity index (χ2n) is 6.71. The number of aryl methyl sites for hydroxylation is 1. The van der Waals surface area contributed by atoms with Crippen molar-refractivity contribution in [3.63, 3.8) is 0 Å². The molecule has 1 amide bonds. The molecule has 136 valence electrons. The Kier molecular flexibility index (Phi) is 4.75. The molecule has 0 aliphatic carbocycles. The Hall–Kier alpha value is -3.34. The molecule has 4 aromatic rings. The molecule has 0 spiro atoms. The number of imidazole rings is 1. The summed E-state index contributed by atoms with van der Waals surface area (Å²) in [5.41, 5.74) is 4.42. The number of hydrogen-bond donors (Lipinski definition) is 2. The van der Waals surface area contributed by atoms with Gasteiger partial charge in [0.1, 0.15) is 0 Å². The van der Waals surface area contributed by atoms with Crippen molar-refractivity contribution in [2.75, 3.05) is 0 Å². The zero-order valence-corrected chi connectivity index (χ0v) is 15.2. The Morgan fingerprint density at radius 3 is 2.78 bits per heavy atom. The summed E-state index contributed by atoms with van der Waals surface area (Å²) in [7, 11) is 0. The molecule has 0 saturated heterocycles. The smallest absolute Gasteiger partial charge is 0.220 e. The number of hydrogen-bond acceptors (Lipinski definition) is 2. The highest BCUT2D eigenvalue weighted by Crippen LogP contribution is 2.20. The van der Waals surface area contributed by atoms with E-state index >= 15 is 0 Å². The highest BCUT2D eigenvalue weighted by molar-refractivity contribution is 5.84. The SMILES string of the molecule is C[C@@H](NC(=O)CCc1c[nH]c2ccccc12)c1ccc(-n2ccnc2)cc1. The number of amides is 1. The fourth-order valence-electron chi connectivity index (χ4n) is 3.33. The first-order chi connectivity index (χ1) is 13.2. The lowest BCUT2D eigenvalue weighted by Gasteiger charge is -2.15. The number of aromatic amines is 1. The van der Waals surface area contributed by atoms with Gasteiger partial charge in [0.15, 0.2) is 0 Å². The van der Waals surface area contributed by atoms with Gasteiger partial charge in [0, 0.05) is 41.6 Å². The molecule has 2 aromatic carbocycles. The van der Waals surface area contributed by atoms with E-state index < -0.39 is 0 Å². The van der Waals surface area contributed by atoms with Crippen LogP contribution in [0.5, 0.6) is 0 Å². The third kappa shape index (κ3) is 3.77. The highest BCUT2D eigenvalue weighted by atomic mass is 16.1. The standard InChI is InChI=1S/C22H22N4O/c1-16(17-6-9-19(10-7-17)26-13-12-23-15-26)25-22(27)11-8-18-14-24-21-5-3-2-4-20(18)21/h2-7,9-10,12-16,24H,8,11H2,1H3,(H,25,27)/t16-/m1/s1. The van der Waals surface area contributed by atoms with E-state index in [0.717, 1.165) is 23.2 Å². The zero-order chi connectivity index (χ0) is 18.6. The number of nitrogens with one attached hydrogen (secondary N) is 2. The molecule has 2 heterocycles. The predicted molar refractivity (Wildman–Crippen MR) is 107 cm³/mol. The van der Waals surface area contributed by atoms with Crippen LogP contribution in [0.15, 0.2) is 73.4 Å². The molecule has 2 aromatic heterocycles. The topological polar surface area (TPSA) is 62.7 Å². The van der Waals surface area contributed by atoms with Crippen LogP contribution < -0.4 is 5.32 Å². The third-order valence-corrected chi connectivity index (χ3v) is 4.87. The van der Waals surface area contributed by atoms with Crippen LogP contribution in [0.2, 0.25) is 0 Å². The number of carbonyl (C=O) groups is 1. The average molecular weight is 358 g/mol. The third-order valence-electron chi connectivity index (χ3n) is 4.87. The van der Waals surface area contributed by atoms with Gasteiger partial charge >= 0.3 is 0 Å². The number of carbonyl (C=O) groups excluding carboxylic acids is 1. The fraction of sp³-hybridized carbons (Fsp3) is 0.182. The number of rotatable bonds is 6. The molecule has 0 radical (unpaired) electrons. The molecule has 4 rings (SSSR count). The maximum atomic E-state index is 12.4. The van der Waals surface area contributed by atoms with Gasteiger partial charge in [-0.2, -0.15) is 0 Å². The van der Waals surface area contributed by atoms with Crippen molar-refractivity contribution in [2.24, 2.45) is 0 Å². The summed E-state index contributed by atoms with van der Waals surface area (Å²) in [6.45, 7) is 2.01. The van der Waals surface area contributed by atoms with Crippen molar-refractivity contribution in [1.29, 1.82) is 0 Å². The van der Waals surface area contributed by atoms with Crippen LogP contribution in [-0.4, -0.2) is 20.4 Å². The van der Waals surface area contributed by atoms with E-state index in [-0.39, 0.29) is 11.9 Å². The second-order valence-corrected chi connectivity index (χ2v) is 6.71. The van der Waals surface area contributed by atoms with Crippen molar-refractivity contribution in [3.8, 4) is 5.69 Å². The van der Waals surface area contributed by atoms with Gasteiger partial charge in [0.2, 0.25) is 5.91 Å². The summed E-state index contributed by atoms with van der Waals surface area (Å²) in [5.74, 6) is 0.0615. The molecule has 0 unspecified atom stereocenters. The molecular formula is C22H22N4O. The van der Waals surface area contributed by atoms with Crippen molar-refractivity contribution < 1.29 is 4.79 Å². The van der Waals surface area contributed by atoms with Crippen LogP contribution in [0, 0.1) is 0 Å². The lowest BCUT2D eigenvalue weighted by atomic mass is 10.1. The predicted octanol–water partition coefficient (Wildman–Crippen LogP) is 4.16. The van der Waals surface area contributed by atoms with Gasteiger partial charge in [-0.1, -0.05) is 30.3 Å². The van der Waals surface area contributed by atoms with Crippen molar-refractivity contribution in [3.05, 3.63) is 84.6 Å². The molecule has 0 aliphatic heterocycles. The van der Waals surface area contributed by atoms with E-state index in [0.29, 0.717) is 6.42 Å². The van der Waals surface area contributed by atoms with Gasteiger partial charge in [-0.05, 0) is 42.7 Å². The highest BCUT2D eigenvalue weighted by Gasteiger charge is 2.11. The first kappa shape index (κ1) is 17.1. The van der Waals surface area contributed by atoms with E-state index in [1.807, 2.05) is 60.3 Å². The first-order valence-electron chi connectivity index (χ1n) is 9.13. The number of aromatic nitrogens is 3. The van der Waals surface area contributed by atoms with Crippen molar-refractivity contribution >= 4 is 16.8 Å². The molecule has 27 heavy (non-hydrogen) atoms. The van der Waals surface area contributed by atoms with E-state index in [1.165, 1.54) is 10.9 Å². The van der Waals surface area contributed by atoms with Gasteiger partial charge in [-0.3, -0.25) is 4.79 Å². The molecule has 0 fully saturated rings. The van der Waals surface area contributed by atoms with Crippen LogP contribution in [0.4, 0.5) is 0 Å². The molecule has 5 heteroatoms. The number of H-pyrrole nitrogens is 1. The average Bonchev–Trinajstić information content (AvgIpc) is 3.37. The number of nitrogens with zero attached hydrogens (tertiary/aromatic N) is 2. The molecule has 1 atom stereocenters. The summed E-state index contributed by atoms with van der Waals surface area (Å²) < 4.78 is 1.95. The van der Waals surface area contributed by atoms with Gasteiger partial charge < -0.3 is 14.9 Å². The van der Waals surface area contributed by atoms with Crippen LogP contribution in [-0.2, 0) is 11.2 Å². The van der Waals surface area contributed by atoms with Crippen LogP contribution in [0.1, 0.15) is 30.5 Å². The number of benzene rings is 2. The molecule has 0 aliphatic rings. The Bertz CT molecular complexity index is 1030. The number of para-hydroxylation sites is 1. The Morgan fingerprint density at radius 2 is 2.00 bits per heavy atom. The maximum Gasteiger partial charge on any atom is 0.220 e. The minimum atomic E-state index is -0.0303. The fourth-order valence-corrected chi connectivity index (χ4v) is 3.33. The van der Waals surface area contributed by atoms with Crippen LogP contribution in [0.3, 0.4) is 0 Å². The Labute approximate surface area is 158 Å². The monoisotopic (exact) mass is 358 g/mol. The second kappa shape index (κ2) is 7.50. The van der Waals surface area contributed by atoms with E-state index in [2.05, 4.69) is 27.4 Å². The normalized spacial score (nSPS) is 12.2. The quantitative estimate of drug-likeness (QED) is 0.543. The maximum absolute atomic E-state index is 12.4.